The summed E-state index contributed by atoms with van der Waals surface area (Å²) in [6, 6.07) is 9.91. The van der Waals surface area contributed by atoms with Crippen LogP contribution in [0.4, 0.5) is 0 Å². The van der Waals surface area contributed by atoms with Crippen LogP contribution in [0.2, 0.25) is 0 Å². The number of pyridine rings is 1. The minimum atomic E-state index is -0.506. The molecule has 0 bridgehead atoms. The van der Waals surface area contributed by atoms with E-state index >= 15 is 0 Å². The number of hydrogen-bond acceptors (Lipinski definition) is 2. The van der Waals surface area contributed by atoms with Crippen molar-refractivity contribution in [3.63, 3.8) is 0 Å². The first kappa shape index (κ1) is 13.2. The van der Waals surface area contributed by atoms with Gasteiger partial charge in [0.05, 0.1) is 6.10 Å². The van der Waals surface area contributed by atoms with E-state index in [9.17, 15) is 5.11 Å². The Kier molecular flexibility index (Phi) is 4.15. The third-order valence-corrected chi connectivity index (χ3v) is 3.46. The smallest absolute Gasteiger partial charge is 0.0848 e. The Morgan fingerprint density at radius 3 is 2.61 bits per heavy atom. The molecule has 0 saturated carbocycles. The molecule has 94 valence electrons. The summed E-state index contributed by atoms with van der Waals surface area (Å²) in [5.41, 5.74) is 4.09. The predicted molar refractivity (Wildman–Crippen MR) is 76.5 cm³/mol. The average molecular weight is 306 g/mol. The van der Waals surface area contributed by atoms with Crippen LogP contribution < -0.4 is 0 Å². The van der Waals surface area contributed by atoms with E-state index in [1.54, 1.807) is 0 Å². The van der Waals surface area contributed by atoms with Crippen LogP contribution in [0.25, 0.3) is 0 Å². The first-order valence-corrected chi connectivity index (χ1v) is 6.71. The second-order valence-corrected chi connectivity index (χ2v) is 5.46. The molecular weight excluding hydrogens is 290 g/mol. The SMILES string of the molecule is Cc1ccc(CC(O)c2ccc(Br)cc2C)nc1. The van der Waals surface area contributed by atoms with E-state index in [2.05, 4.69) is 20.9 Å². The summed E-state index contributed by atoms with van der Waals surface area (Å²) in [6.07, 6.45) is 1.87. The third kappa shape index (κ3) is 3.18. The number of aryl methyl sites for hydroxylation is 2. The fourth-order valence-electron chi connectivity index (χ4n) is 1.94. The Morgan fingerprint density at radius 2 is 2.00 bits per heavy atom. The summed E-state index contributed by atoms with van der Waals surface area (Å²) in [4.78, 5) is 4.32. The van der Waals surface area contributed by atoms with Gasteiger partial charge in [0.25, 0.3) is 0 Å². The van der Waals surface area contributed by atoms with E-state index in [0.29, 0.717) is 6.42 Å². The van der Waals surface area contributed by atoms with Crippen molar-refractivity contribution in [2.75, 3.05) is 0 Å². The van der Waals surface area contributed by atoms with Crippen molar-refractivity contribution >= 4 is 15.9 Å². The monoisotopic (exact) mass is 305 g/mol. The molecular formula is C15H16BrNO. The van der Waals surface area contributed by atoms with Gasteiger partial charge in [0, 0.05) is 22.8 Å². The minimum Gasteiger partial charge on any atom is -0.388 e. The number of aliphatic hydroxyl groups is 1. The summed E-state index contributed by atoms with van der Waals surface area (Å²) >= 11 is 3.43. The van der Waals surface area contributed by atoms with E-state index in [0.717, 1.165) is 26.9 Å². The molecule has 1 aromatic heterocycles. The number of aliphatic hydroxyl groups excluding tert-OH is 1. The number of rotatable bonds is 3. The molecule has 1 atom stereocenters. The largest absolute Gasteiger partial charge is 0.388 e. The van der Waals surface area contributed by atoms with Gasteiger partial charge in [-0.05, 0) is 48.7 Å². The maximum atomic E-state index is 10.3. The number of aromatic nitrogens is 1. The zero-order valence-electron chi connectivity index (χ0n) is 10.5. The molecule has 3 heteroatoms. The van der Waals surface area contributed by atoms with Gasteiger partial charge in [-0.15, -0.1) is 0 Å². The van der Waals surface area contributed by atoms with Crippen molar-refractivity contribution in [1.29, 1.82) is 0 Å². The standard InChI is InChI=1S/C15H16BrNO/c1-10-3-5-13(17-9-10)8-15(18)14-6-4-12(16)7-11(14)2/h3-7,9,15,18H,8H2,1-2H3. The molecule has 0 aliphatic heterocycles. The first-order valence-electron chi connectivity index (χ1n) is 5.92. The third-order valence-electron chi connectivity index (χ3n) is 2.97. The lowest BCUT2D eigenvalue weighted by Gasteiger charge is -2.13. The van der Waals surface area contributed by atoms with Gasteiger partial charge >= 0.3 is 0 Å². The van der Waals surface area contributed by atoms with Crippen LogP contribution in [-0.4, -0.2) is 10.1 Å². The summed E-state index contributed by atoms with van der Waals surface area (Å²) in [5, 5.41) is 10.3. The Morgan fingerprint density at radius 1 is 1.22 bits per heavy atom. The van der Waals surface area contributed by atoms with Gasteiger partial charge in [-0.3, -0.25) is 4.98 Å². The highest BCUT2D eigenvalue weighted by Gasteiger charge is 2.12. The number of halogens is 1. The summed E-state index contributed by atoms with van der Waals surface area (Å²) in [5.74, 6) is 0. The molecule has 0 aliphatic carbocycles. The first-order chi connectivity index (χ1) is 8.56. The van der Waals surface area contributed by atoms with Crippen LogP contribution >= 0.6 is 15.9 Å². The topological polar surface area (TPSA) is 33.1 Å². The molecule has 1 heterocycles. The number of benzene rings is 1. The van der Waals surface area contributed by atoms with Crippen molar-refractivity contribution in [3.05, 3.63) is 63.4 Å². The van der Waals surface area contributed by atoms with Gasteiger partial charge in [0.15, 0.2) is 0 Å². The average Bonchev–Trinajstić information content (AvgIpc) is 2.32. The van der Waals surface area contributed by atoms with E-state index < -0.39 is 6.10 Å². The highest BCUT2D eigenvalue weighted by molar-refractivity contribution is 9.10. The van der Waals surface area contributed by atoms with Gasteiger partial charge in [0.1, 0.15) is 0 Å². The Hall–Kier alpha value is -1.19. The molecule has 0 spiro atoms. The Balaban J connectivity index is 2.16. The van der Waals surface area contributed by atoms with Gasteiger partial charge in [-0.2, -0.15) is 0 Å². The molecule has 1 aromatic carbocycles. The Bertz CT molecular complexity index is 537. The maximum Gasteiger partial charge on any atom is 0.0848 e. The van der Waals surface area contributed by atoms with Crippen LogP contribution in [0, 0.1) is 13.8 Å². The van der Waals surface area contributed by atoms with Crippen LogP contribution in [0.3, 0.4) is 0 Å². The van der Waals surface area contributed by atoms with Gasteiger partial charge in [-0.25, -0.2) is 0 Å². The molecule has 2 nitrogen and oxygen atoms in total. The Labute approximate surface area is 116 Å². The lowest BCUT2D eigenvalue weighted by Crippen LogP contribution is -2.05. The lowest BCUT2D eigenvalue weighted by molar-refractivity contribution is 0.176. The lowest BCUT2D eigenvalue weighted by atomic mass is 10.00. The molecule has 1 unspecified atom stereocenters. The van der Waals surface area contributed by atoms with Crippen molar-refractivity contribution in [3.8, 4) is 0 Å². The minimum absolute atomic E-state index is 0.506. The highest BCUT2D eigenvalue weighted by atomic mass is 79.9. The second kappa shape index (κ2) is 5.63. The molecule has 0 radical (unpaired) electrons. The van der Waals surface area contributed by atoms with Gasteiger partial charge in [0.2, 0.25) is 0 Å². The van der Waals surface area contributed by atoms with Gasteiger partial charge < -0.3 is 5.11 Å². The molecule has 18 heavy (non-hydrogen) atoms. The summed E-state index contributed by atoms with van der Waals surface area (Å²) < 4.78 is 1.03. The van der Waals surface area contributed by atoms with Crippen molar-refractivity contribution < 1.29 is 5.11 Å². The fraction of sp³-hybridized carbons (Fsp3) is 0.267. The molecule has 0 amide bonds. The summed E-state index contributed by atoms with van der Waals surface area (Å²) in [7, 11) is 0. The van der Waals surface area contributed by atoms with Gasteiger partial charge in [-0.1, -0.05) is 28.1 Å². The zero-order chi connectivity index (χ0) is 13.1. The predicted octanol–water partition coefficient (Wildman–Crippen LogP) is 3.74. The second-order valence-electron chi connectivity index (χ2n) is 4.55. The van der Waals surface area contributed by atoms with E-state index in [1.807, 2.05) is 50.4 Å². The summed E-state index contributed by atoms with van der Waals surface area (Å²) in [6.45, 7) is 4.01. The maximum absolute atomic E-state index is 10.3. The molecule has 2 aromatic rings. The van der Waals surface area contributed by atoms with E-state index in [4.69, 9.17) is 0 Å². The van der Waals surface area contributed by atoms with Crippen molar-refractivity contribution in [2.45, 2.75) is 26.4 Å². The molecule has 2 rings (SSSR count). The van der Waals surface area contributed by atoms with Crippen LogP contribution in [0.15, 0.2) is 41.0 Å². The van der Waals surface area contributed by atoms with Crippen molar-refractivity contribution in [2.24, 2.45) is 0 Å². The van der Waals surface area contributed by atoms with Crippen molar-refractivity contribution in [1.82, 2.24) is 4.98 Å². The van der Waals surface area contributed by atoms with Crippen LogP contribution in [0.5, 0.6) is 0 Å². The quantitative estimate of drug-likeness (QED) is 0.937. The van der Waals surface area contributed by atoms with Crippen LogP contribution in [-0.2, 0) is 6.42 Å². The number of hydrogen-bond donors (Lipinski definition) is 1. The highest BCUT2D eigenvalue weighted by Crippen LogP contribution is 2.24. The normalized spacial score (nSPS) is 12.4. The number of nitrogens with zero attached hydrogens (tertiary/aromatic N) is 1. The zero-order valence-corrected chi connectivity index (χ0v) is 12.1. The molecule has 0 aliphatic rings. The molecule has 0 fully saturated rings. The fourth-order valence-corrected chi connectivity index (χ4v) is 2.42. The van der Waals surface area contributed by atoms with Crippen LogP contribution in [0.1, 0.15) is 28.5 Å². The van der Waals surface area contributed by atoms with E-state index in [-0.39, 0.29) is 0 Å². The molecule has 1 N–H and O–H groups in total. The van der Waals surface area contributed by atoms with E-state index in [1.165, 1.54) is 0 Å². The molecule has 0 saturated heterocycles.